The Morgan fingerprint density at radius 3 is 2.88 bits per heavy atom. The van der Waals surface area contributed by atoms with E-state index in [-0.39, 0.29) is 16.9 Å². The smallest absolute Gasteiger partial charge is 0.357 e. The molecule has 3 aromatic rings. The molecule has 0 saturated carbocycles. The fourth-order valence-corrected chi connectivity index (χ4v) is 3.19. The maximum atomic E-state index is 12.1. The lowest BCUT2D eigenvalue weighted by atomic mass is 10.2. The summed E-state index contributed by atoms with van der Waals surface area (Å²) in [5.41, 5.74) is 8.98. The normalized spacial score (nSPS) is 10.4. The third-order valence-electron chi connectivity index (χ3n) is 3.53. The van der Waals surface area contributed by atoms with Crippen LogP contribution in [0.15, 0.2) is 35.8 Å². The molecule has 24 heavy (non-hydrogen) atoms. The Morgan fingerprint density at radius 2 is 2.25 bits per heavy atom. The lowest BCUT2D eigenvalue weighted by molar-refractivity contribution is 0.0593. The minimum atomic E-state index is -0.593. The van der Waals surface area contributed by atoms with E-state index in [2.05, 4.69) is 4.98 Å². The van der Waals surface area contributed by atoms with Crippen LogP contribution in [-0.2, 0) is 4.74 Å². The van der Waals surface area contributed by atoms with Gasteiger partial charge >= 0.3 is 5.97 Å². The number of hydrogen-bond donors (Lipinski definition) is 1. The number of anilines is 1. The summed E-state index contributed by atoms with van der Waals surface area (Å²) in [7, 11) is 1.28. The van der Waals surface area contributed by atoms with Crippen LogP contribution in [0, 0.1) is 18.3 Å². The molecule has 0 aliphatic heterocycles. The van der Waals surface area contributed by atoms with Crippen molar-refractivity contribution in [2.75, 3.05) is 12.8 Å². The summed E-state index contributed by atoms with van der Waals surface area (Å²) < 4.78 is 6.37. The van der Waals surface area contributed by atoms with Crippen molar-refractivity contribution in [3.05, 3.63) is 52.8 Å². The molecular formula is C17H14N4O2S. The number of nitrogens with two attached hydrogens (primary N) is 1. The van der Waals surface area contributed by atoms with Crippen molar-refractivity contribution >= 4 is 23.0 Å². The Morgan fingerprint density at radius 1 is 1.46 bits per heavy atom. The van der Waals surface area contributed by atoms with Gasteiger partial charge in [0.25, 0.3) is 0 Å². The first-order valence-corrected chi connectivity index (χ1v) is 7.95. The number of nitrogen functional groups attached to an aromatic ring is 1. The third kappa shape index (κ3) is 2.64. The van der Waals surface area contributed by atoms with Gasteiger partial charge in [-0.3, -0.25) is 0 Å². The summed E-state index contributed by atoms with van der Waals surface area (Å²) in [6.45, 7) is 1.94. The predicted molar refractivity (Wildman–Crippen MR) is 92.1 cm³/mol. The van der Waals surface area contributed by atoms with E-state index in [4.69, 9.17) is 10.5 Å². The lowest BCUT2D eigenvalue weighted by Gasteiger charge is -2.09. The summed E-state index contributed by atoms with van der Waals surface area (Å²) >= 11 is 1.55. The second-order valence-corrected chi connectivity index (χ2v) is 5.98. The Kier molecular flexibility index (Phi) is 4.06. The number of benzene rings is 1. The molecule has 0 aliphatic carbocycles. The van der Waals surface area contributed by atoms with Crippen molar-refractivity contribution in [3.8, 4) is 22.3 Å². The first-order chi connectivity index (χ1) is 11.5. The van der Waals surface area contributed by atoms with Gasteiger partial charge in [0.2, 0.25) is 0 Å². The van der Waals surface area contributed by atoms with Crippen molar-refractivity contribution in [2.45, 2.75) is 6.92 Å². The average molecular weight is 338 g/mol. The first kappa shape index (κ1) is 15.8. The standard InChI is InChI=1S/C17H14N4O2S/c1-10-9-24-16(20-10)11-4-3-5-13(6-11)21-8-12(7-18)14(19)15(21)17(22)23-2/h3-6,8-9H,19H2,1-2H3. The van der Waals surface area contributed by atoms with E-state index in [1.807, 2.05) is 42.6 Å². The SMILES string of the molecule is COC(=O)c1c(N)c(C#N)cn1-c1cccc(-c2nc(C)cs2)c1. The molecule has 7 heteroatoms. The molecule has 0 spiro atoms. The zero-order chi connectivity index (χ0) is 17.3. The monoisotopic (exact) mass is 338 g/mol. The number of carbonyl (C=O) groups excluding carboxylic acids is 1. The van der Waals surface area contributed by atoms with Crippen LogP contribution in [0.4, 0.5) is 5.69 Å². The van der Waals surface area contributed by atoms with Crippen LogP contribution in [0.1, 0.15) is 21.7 Å². The molecule has 0 aliphatic rings. The maximum Gasteiger partial charge on any atom is 0.357 e. The van der Waals surface area contributed by atoms with Crippen LogP contribution in [0.5, 0.6) is 0 Å². The summed E-state index contributed by atoms with van der Waals surface area (Å²) in [5, 5.41) is 12.0. The highest BCUT2D eigenvalue weighted by Gasteiger charge is 2.21. The average Bonchev–Trinajstić information content (AvgIpc) is 3.17. The highest BCUT2D eigenvalue weighted by molar-refractivity contribution is 7.13. The van der Waals surface area contributed by atoms with E-state index >= 15 is 0 Å². The number of esters is 1. The summed E-state index contributed by atoms with van der Waals surface area (Å²) in [4.78, 5) is 16.5. The van der Waals surface area contributed by atoms with Crippen molar-refractivity contribution < 1.29 is 9.53 Å². The fourth-order valence-electron chi connectivity index (χ4n) is 2.39. The Balaban J connectivity index is 2.16. The molecule has 0 bridgehead atoms. The number of ether oxygens (including phenoxy) is 1. The molecule has 0 atom stereocenters. The number of hydrogen-bond acceptors (Lipinski definition) is 6. The number of aromatic nitrogens is 2. The van der Waals surface area contributed by atoms with E-state index in [0.717, 1.165) is 16.3 Å². The number of methoxy groups -OCH3 is 1. The minimum Gasteiger partial charge on any atom is -0.464 e. The Bertz CT molecular complexity index is 965. The summed E-state index contributed by atoms with van der Waals surface area (Å²) in [6.07, 6.45) is 1.54. The van der Waals surface area contributed by atoms with Gasteiger partial charge in [-0.25, -0.2) is 9.78 Å². The zero-order valence-corrected chi connectivity index (χ0v) is 13.9. The first-order valence-electron chi connectivity index (χ1n) is 7.07. The number of carbonyl (C=O) groups is 1. The molecule has 0 saturated heterocycles. The maximum absolute atomic E-state index is 12.1. The molecule has 0 radical (unpaired) electrons. The van der Waals surface area contributed by atoms with Crippen LogP contribution >= 0.6 is 11.3 Å². The molecule has 0 amide bonds. The van der Waals surface area contributed by atoms with Gasteiger partial charge in [0.05, 0.1) is 18.4 Å². The molecule has 2 aromatic heterocycles. The van der Waals surface area contributed by atoms with Gasteiger partial charge in [-0.05, 0) is 19.1 Å². The largest absolute Gasteiger partial charge is 0.464 e. The molecule has 0 unspecified atom stereocenters. The van der Waals surface area contributed by atoms with Gasteiger partial charge in [0.15, 0.2) is 5.69 Å². The van der Waals surface area contributed by atoms with Crippen molar-refractivity contribution in [1.82, 2.24) is 9.55 Å². The summed E-state index contributed by atoms with van der Waals surface area (Å²) in [6, 6.07) is 9.52. The van der Waals surface area contributed by atoms with Gasteiger partial charge in [-0.1, -0.05) is 12.1 Å². The number of thiazole rings is 1. The molecule has 2 heterocycles. The molecule has 1 aromatic carbocycles. The van der Waals surface area contributed by atoms with Crippen LogP contribution in [0.2, 0.25) is 0 Å². The topological polar surface area (TPSA) is 93.9 Å². The highest BCUT2D eigenvalue weighted by atomic mass is 32.1. The molecule has 120 valence electrons. The molecule has 0 fully saturated rings. The number of rotatable bonds is 3. The summed E-state index contributed by atoms with van der Waals surface area (Å²) in [5.74, 6) is -0.593. The molecule has 6 nitrogen and oxygen atoms in total. The highest BCUT2D eigenvalue weighted by Crippen LogP contribution is 2.29. The van der Waals surface area contributed by atoms with Gasteiger partial charge in [0.1, 0.15) is 11.1 Å². The van der Waals surface area contributed by atoms with Crippen molar-refractivity contribution in [1.29, 1.82) is 5.26 Å². The second-order valence-electron chi connectivity index (χ2n) is 5.12. The van der Waals surface area contributed by atoms with Crippen molar-refractivity contribution in [2.24, 2.45) is 0 Å². The molecule has 2 N–H and O–H groups in total. The predicted octanol–water partition coefficient (Wildman–Crippen LogP) is 3.15. The van der Waals surface area contributed by atoms with Crippen LogP contribution in [0.25, 0.3) is 16.3 Å². The molecule has 3 rings (SSSR count). The van der Waals surface area contributed by atoms with Crippen LogP contribution in [0.3, 0.4) is 0 Å². The van der Waals surface area contributed by atoms with E-state index in [9.17, 15) is 10.1 Å². The number of nitrogens with zero attached hydrogens (tertiary/aromatic N) is 3. The van der Waals surface area contributed by atoms with E-state index in [1.165, 1.54) is 13.3 Å². The zero-order valence-electron chi connectivity index (χ0n) is 13.1. The van der Waals surface area contributed by atoms with Gasteiger partial charge in [0, 0.05) is 28.5 Å². The Labute approximate surface area is 142 Å². The van der Waals surface area contributed by atoms with E-state index < -0.39 is 5.97 Å². The van der Waals surface area contributed by atoms with E-state index in [1.54, 1.807) is 15.9 Å². The second kappa shape index (κ2) is 6.18. The number of aryl methyl sites for hydroxylation is 1. The quantitative estimate of drug-likeness (QED) is 0.740. The third-order valence-corrected chi connectivity index (χ3v) is 4.54. The fraction of sp³-hybridized carbons (Fsp3) is 0.118. The lowest BCUT2D eigenvalue weighted by Crippen LogP contribution is -2.11. The molecular weight excluding hydrogens is 324 g/mol. The minimum absolute atomic E-state index is 0.111. The van der Waals surface area contributed by atoms with Crippen LogP contribution in [-0.4, -0.2) is 22.6 Å². The van der Waals surface area contributed by atoms with Crippen LogP contribution < -0.4 is 5.73 Å². The Hall–Kier alpha value is -3.11. The van der Waals surface area contributed by atoms with Crippen molar-refractivity contribution in [3.63, 3.8) is 0 Å². The van der Waals surface area contributed by atoms with E-state index in [0.29, 0.717) is 5.69 Å². The number of nitriles is 1. The van der Waals surface area contributed by atoms with Gasteiger partial charge in [-0.2, -0.15) is 5.26 Å². The van der Waals surface area contributed by atoms with Gasteiger partial charge < -0.3 is 15.0 Å². The van der Waals surface area contributed by atoms with Gasteiger partial charge in [-0.15, -0.1) is 11.3 Å².